The van der Waals surface area contributed by atoms with E-state index in [1.54, 1.807) is 26.1 Å². The summed E-state index contributed by atoms with van der Waals surface area (Å²) in [5.74, 6) is 0.571. The van der Waals surface area contributed by atoms with Crippen molar-refractivity contribution < 1.29 is 0 Å². The summed E-state index contributed by atoms with van der Waals surface area (Å²) in [5.41, 5.74) is 0.813. The van der Waals surface area contributed by atoms with Crippen molar-refractivity contribution in [3.05, 3.63) is 36.5 Å². The molecule has 0 saturated heterocycles. The van der Waals surface area contributed by atoms with Gasteiger partial charge in [0.2, 0.25) is 0 Å². The molecular weight excluding hydrogens is 226 g/mol. The Balaban J connectivity index is 2.19. The summed E-state index contributed by atoms with van der Waals surface area (Å²) >= 11 is 0. The largest absolute Gasteiger partial charge is 0.351 e. The van der Waals surface area contributed by atoms with E-state index in [0.717, 1.165) is 5.69 Å². The van der Waals surface area contributed by atoms with Crippen LogP contribution in [0.1, 0.15) is 13.8 Å². The van der Waals surface area contributed by atoms with Crippen molar-refractivity contribution in [1.29, 1.82) is 5.26 Å². The molecule has 0 aliphatic carbocycles. The lowest BCUT2D eigenvalue weighted by Crippen LogP contribution is -2.29. The van der Waals surface area contributed by atoms with Gasteiger partial charge >= 0.3 is 0 Å². The highest BCUT2D eigenvalue weighted by atomic mass is 15.2. The number of aromatic nitrogens is 3. The predicted molar refractivity (Wildman–Crippen MR) is 68.6 cm³/mol. The van der Waals surface area contributed by atoms with Crippen LogP contribution >= 0.6 is 0 Å². The third-order valence-electron chi connectivity index (χ3n) is 2.31. The van der Waals surface area contributed by atoms with Crippen molar-refractivity contribution in [2.45, 2.75) is 19.4 Å². The summed E-state index contributed by atoms with van der Waals surface area (Å²) in [6.45, 7) is 3.56. The molecule has 2 aromatic rings. The van der Waals surface area contributed by atoms with E-state index in [1.165, 1.54) is 0 Å². The monoisotopic (exact) mass is 239 g/mol. The Labute approximate surface area is 106 Å². The van der Waals surface area contributed by atoms with Gasteiger partial charge in [0.05, 0.1) is 11.8 Å². The number of nitriles is 1. The van der Waals surface area contributed by atoms with Gasteiger partial charge in [-0.1, -0.05) is 6.07 Å². The SMILES string of the molecule is CC(C)(C#N)Nc1ccc(-c2ccccn2)nn1. The first-order chi connectivity index (χ1) is 8.61. The van der Waals surface area contributed by atoms with Crippen LogP contribution in [-0.2, 0) is 0 Å². The quantitative estimate of drug-likeness (QED) is 0.889. The van der Waals surface area contributed by atoms with Crippen molar-refractivity contribution in [2.24, 2.45) is 0 Å². The third-order valence-corrected chi connectivity index (χ3v) is 2.31. The zero-order valence-corrected chi connectivity index (χ0v) is 10.3. The van der Waals surface area contributed by atoms with E-state index in [4.69, 9.17) is 5.26 Å². The first-order valence-corrected chi connectivity index (χ1v) is 5.55. The molecule has 0 aliphatic heterocycles. The average molecular weight is 239 g/mol. The van der Waals surface area contributed by atoms with Crippen LogP contribution < -0.4 is 5.32 Å². The molecule has 2 aromatic heterocycles. The summed E-state index contributed by atoms with van der Waals surface area (Å²) in [6.07, 6.45) is 1.71. The Bertz CT molecular complexity index is 554. The lowest BCUT2D eigenvalue weighted by atomic mass is 10.1. The number of nitrogens with zero attached hydrogens (tertiary/aromatic N) is 4. The first-order valence-electron chi connectivity index (χ1n) is 5.55. The standard InChI is InChI=1S/C13H13N5/c1-13(2,9-14)16-12-7-6-11(17-18-12)10-5-3-4-8-15-10/h3-8H,1-2H3,(H,16,18). The van der Waals surface area contributed by atoms with Gasteiger partial charge in [0.25, 0.3) is 0 Å². The first kappa shape index (κ1) is 12.0. The molecule has 0 aliphatic rings. The zero-order chi connectivity index (χ0) is 13.0. The van der Waals surface area contributed by atoms with E-state index < -0.39 is 5.54 Å². The van der Waals surface area contributed by atoms with Crippen LogP contribution in [-0.4, -0.2) is 20.7 Å². The van der Waals surface area contributed by atoms with Crippen molar-refractivity contribution in [3.8, 4) is 17.5 Å². The van der Waals surface area contributed by atoms with Crippen LogP contribution in [0, 0.1) is 11.3 Å². The van der Waals surface area contributed by atoms with Crippen LogP contribution in [0.25, 0.3) is 11.4 Å². The van der Waals surface area contributed by atoms with E-state index in [1.807, 2.05) is 24.3 Å². The maximum Gasteiger partial charge on any atom is 0.149 e. The maximum absolute atomic E-state index is 8.92. The predicted octanol–water partition coefficient (Wildman–Crippen LogP) is 2.25. The highest BCUT2D eigenvalue weighted by Gasteiger charge is 2.16. The van der Waals surface area contributed by atoms with Crippen LogP contribution in [0.3, 0.4) is 0 Å². The molecule has 0 bridgehead atoms. The molecule has 2 heterocycles. The summed E-state index contributed by atoms with van der Waals surface area (Å²) < 4.78 is 0. The van der Waals surface area contributed by atoms with Crippen molar-refractivity contribution >= 4 is 5.82 Å². The van der Waals surface area contributed by atoms with E-state index >= 15 is 0 Å². The number of hydrogen-bond donors (Lipinski definition) is 1. The van der Waals surface area contributed by atoms with Crippen LogP contribution in [0.15, 0.2) is 36.5 Å². The normalized spacial score (nSPS) is 10.7. The van der Waals surface area contributed by atoms with Crippen LogP contribution in [0.2, 0.25) is 0 Å². The van der Waals surface area contributed by atoms with E-state index in [0.29, 0.717) is 11.5 Å². The smallest absolute Gasteiger partial charge is 0.149 e. The summed E-state index contributed by atoms with van der Waals surface area (Å²) in [5, 5.41) is 20.0. The molecule has 0 saturated carbocycles. The molecule has 1 N–H and O–H groups in total. The molecule has 0 atom stereocenters. The number of anilines is 1. The Morgan fingerprint density at radius 3 is 2.50 bits per heavy atom. The molecule has 0 radical (unpaired) electrons. The minimum Gasteiger partial charge on any atom is -0.351 e. The highest BCUT2D eigenvalue weighted by Crippen LogP contribution is 2.15. The van der Waals surface area contributed by atoms with Gasteiger partial charge in [0.1, 0.15) is 17.1 Å². The third kappa shape index (κ3) is 2.80. The molecule has 90 valence electrons. The summed E-state index contributed by atoms with van der Waals surface area (Å²) in [6, 6.07) is 11.4. The molecule has 0 spiro atoms. The van der Waals surface area contributed by atoms with Crippen molar-refractivity contribution in [2.75, 3.05) is 5.32 Å². The molecule has 2 rings (SSSR count). The highest BCUT2D eigenvalue weighted by molar-refractivity contribution is 5.54. The summed E-state index contributed by atoms with van der Waals surface area (Å²) in [7, 11) is 0. The molecule has 0 unspecified atom stereocenters. The Morgan fingerprint density at radius 2 is 1.94 bits per heavy atom. The Kier molecular flexibility index (Phi) is 3.20. The molecule has 0 aromatic carbocycles. The molecular formula is C13H13N5. The van der Waals surface area contributed by atoms with E-state index in [9.17, 15) is 0 Å². The molecule has 0 fully saturated rings. The number of pyridine rings is 1. The second-order valence-electron chi connectivity index (χ2n) is 4.38. The molecule has 5 nitrogen and oxygen atoms in total. The fraction of sp³-hybridized carbons (Fsp3) is 0.231. The summed E-state index contributed by atoms with van der Waals surface area (Å²) in [4.78, 5) is 4.19. The minimum atomic E-state index is -0.665. The number of nitrogens with one attached hydrogen (secondary N) is 1. The topological polar surface area (TPSA) is 74.5 Å². The van der Waals surface area contributed by atoms with Crippen molar-refractivity contribution in [3.63, 3.8) is 0 Å². The van der Waals surface area contributed by atoms with Crippen LogP contribution in [0.5, 0.6) is 0 Å². The van der Waals surface area contributed by atoms with Crippen molar-refractivity contribution in [1.82, 2.24) is 15.2 Å². The van der Waals surface area contributed by atoms with E-state index in [2.05, 4.69) is 26.6 Å². The average Bonchev–Trinajstić information content (AvgIpc) is 2.40. The van der Waals surface area contributed by atoms with Gasteiger partial charge < -0.3 is 5.32 Å². The van der Waals surface area contributed by atoms with Gasteiger partial charge in [-0.15, -0.1) is 10.2 Å². The molecule has 0 amide bonds. The second-order valence-corrected chi connectivity index (χ2v) is 4.38. The number of hydrogen-bond acceptors (Lipinski definition) is 5. The molecule has 18 heavy (non-hydrogen) atoms. The fourth-order valence-electron chi connectivity index (χ4n) is 1.40. The lowest BCUT2D eigenvalue weighted by molar-refractivity contribution is 0.719. The zero-order valence-electron chi connectivity index (χ0n) is 10.3. The van der Waals surface area contributed by atoms with Crippen LogP contribution in [0.4, 0.5) is 5.82 Å². The van der Waals surface area contributed by atoms with Gasteiger partial charge in [0.15, 0.2) is 0 Å². The van der Waals surface area contributed by atoms with Gasteiger partial charge in [-0.25, -0.2) is 0 Å². The Hall–Kier alpha value is -2.48. The lowest BCUT2D eigenvalue weighted by Gasteiger charge is -2.17. The number of rotatable bonds is 3. The Morgan fingerprint density at radius 1 is 1.11 bits per heavy atom. The fourth-order valence-corrected chi connectivity index (χ4v) is 1.40. The van der Waals surface area contributed by atoms with Gasteiger partial charge in [-0.2, -0.15) is 5.26 Å². The van der Waals surface area contributed by atoms with Gasteiger partial charge in [-0.05, 0) is 38.1 Å². The minimum absolute atomic E-state index is 0.571. The van der Waals surface area contributed by atoms with Gasteiger partial charge in [0, 0.05) is 6.20 Å². The van der Waals surface area contributed by atoms with Gasteiger partial charge in [-0.3, -0.25) is 4.98 Å². The second kappa shape index (κ2) is 4.80. The maximum atomic E-state index is 8.92. The molecule has 5 heteroatoms. The van der Waals surface area contributed by atoms with E-state index in [-0.39, 0.29) is 0 Å².